The van der Waals surface area contributed by atoms with E-state index >= 15 is 0 Å². The number of hydrogen-bond acceptors (Lipinski definition) is 5. The summed E-state index contributed by atoms with van der Waals surface area (Å²) in [7, 11) is 0. The number of ether oxygens (including phenoxy) is 1. The number of nitrogens with zero attached hydrogens (tertiary/aromatic N) is 3. The molecule has 1 amide bonds. The molecule has 1 aliphatic rings. The fourth-order valence-electron chi connectivity index (χ4n) is 2.22. The quantitative estimate of drug-likeness (QED) is 0.802. The second-order valence-corrected chi connectivity index (χ2v) is 7.33. The van der Waals surface area contributed by atoms with Crippen LogP contribution in [0.5, 0.6) is 0 Å². The number of thioether (sulfide) groups is 1. The smallest absolute Gasteiger partial charge is 0.410 e. The molecule has 0 spiro atoms. The Hall–Kier alpha value is -1.30. The van der Waals surface area contributed by atoms with Crippen molar-refractivity contribution in [1.82, 2.24) is 15.1 Å². The molecule has 21 heavy (non-hydrogen) atoms. The molecule has 1 aromatic rings. The molecule has 0 N–H and O–H groups in total. The molecule has 0 aromatic carbocycles. The average molecular weight is 309 g/mol. The molecule has 5 nitrogen and oxygen atoms in total. The van der Waals surface area contributed by atoms with E-state index in [9.17, 15) is 4.79 Å². The van der Waals surface area contributed by atoms with E-state index in [1.807, 2.05) is 44.7 Å². The summed E-state index contributed by atoms with van der Waals surface area (Å²) in [6.45, 7) is 8.38. The summed E-state index contributed by atoms with van der Waals surface area (Å²) >= 11 is 1.64. The van der Waals surface area contributed by atoms with Crippen LogP contribution in [0.3, 0.4) is 0 Å². The molecule has 116 valence electrons. The topological polar surface area (TPSA) is 55.3 Å². The number of rotatable bonds is 3. The van der Waals surface area contributed by atoms with E-state index in [2.05, 4.69) is 10.2 Å². The van der Waals surface area contributed by atoms with E-state index < -0.39 is 5.60 Å². The van der Waals surface area contributed by atoms with Crippen molar-refractivity contribution >= 4 is 17.9 Å². The second-order valence-electron chi connectivity index (χ2n) is 6.29. The Bertz CT molecular complexity index is 485. The highest BCUT2D eigenvalue weighted by Gasteiger charge is 2.32. The van der Waals surface area contributed by atoms with Gasteiger partial charge in [-0.05, 0) is 52.7 Å². The van der Waals surface area contributed by atoms with Crippen LogP contribution in [0, 0.1) is 6.92 Å². The summed E-state index contributed by atoms with van der Waals surface area (Å²) in [4.78, 5) is 14.0. The van der Waals surface area contributed by atoms with Crippen molar-refractivity contribution in [2.75, 3.05) is 12.3 Å². The van der Waals surface area contributed by atoms with Crippen LogP contribution in [0.25, 0.3) is 0 Å². The summed E-state index contributed by atoms with van der Waals surface area (Å²) in [5, 5.41) is 9.10. The number of amides is 1. The van der Waals surface area contributed by atoms with Crippen LogP contribution in [0.4, 0.5) is 4.79 Å². The van der Waals surface area contributed by atoms with Crippen LogP contribution in [0.15, 0.2) is 17.2 Å². The molecule has 1 aromatic heterocycles. The van der Waals surface area contributed by atoms with E-state index in [0.717, 1.165) is 35.9 Å². The van der Waals surface area contributed by atoms with Gasteiger partial charge in [-0.3, -0.25) is 0 Å². The van der Waals surface area contributed by atoms with Gasteiger partial charge in [0.1, 0.15) is 10.6 Å². The Labute approximate surface area is 130 Å². The highest BCUT2D eigenvalue weighted by Crippen LogP contribution is 2.26. The zero-order valence-corrected chi connectivity index (χ0v) is 13.9. The Kier molecular flexibility index (Phi) is 5.08. The fourth-order valence-corrected chi connectivity index (χ4v) is 3.19. The van der Waals surface area contributed by atoms with Crippen molar-refractivity contribution in [3.63, 3.8) is 0 Å². The molecule has 2 rings (SSSR count). The lowest BCUT2D eigenvalue weighted by molar-refractivity contribution is 0.0242. The van der Waals surface area contributed by atoms with Gasteiger partial charge in [0.2, 0.25) is 0 Å². The van der Waals surface area contributed by atoms with E-state index in [1.165, 1.54) is 0 Å². The third-order valence-corrected chi connectivity index (χ3v) is 4.27. The summed E-state index contributed by atoms with van der Waals surface area (Å²) in [5.74, 6) is 0.830. The zero-order chi connectivity index (χ0) is 15.5. The van der Waals surface area contributed by atoms with E-state index in [-0.39, 0.29) is 12.1 Å². The predicted molar refractivity (Wildman–Crippen MR) is 83.5 cm³/mol. The van der Waals surface area contributed by atoms with Crippen LogP contribution in [-0.4, -0.2) is 45.1 Å². The van der Waals surface area contributed by atoms with Gasteiger partial charge in [0.15, 0.2) is 0 Å². The lowest BCUT2D eigenvalue weighted by Gasteiger charge is -2.28. The molecule has 1 saturated heterocycles. The first-order chi connectivity index (χ1) is 9.85. The number of aromatic nitrogens is 2. The molecule has 0 bridgehead atoms. The molecule has 1 fully saturated rings. The largest absolute Gasteiger partial charge is 0.444 e. The first kappa shape index (κ1) is 16.1. The Morgan fingerprint density at radius 2 is 2.19 bits per heavy atom. The lowest BCUT2D eigenvalue weighted by atomic mass is 10.2. The number of aryl methyl sites for hydroxylation is 1. The zero-order valence-electron chi connectivity index (χ0n) is 13.1. The van der Waals surface area contributed by atoms with E-state index in [4.69, 9.17) is 4.74 Å². The Morgan fingerprint density at radius 1 is 1.43 bits per heavy atom. The van der Waals surface area contributed by atoms with Crippen molar-refractivity contribution in [2.45, 2.75) is 57.2 Å². The SMILES string of the molecule is Cc1ccc(SC[C@H]2CCCN2C(=O)OC(C)(C)C)nn1. The molecule has 6 heteroatoms. The van der Waals surface area contributed by atoms with Crippen LogP contribution in [0.1, 0.15) is 39.3 Å². The molecule has 1 atom stereocenters. The van der Waals surface area contributed by atoms with Crippen molar-refractivity contribution in [3.8, 4) is 0 Å². The molecular formula is C15H23N3O2S. The molecule has 0 radical (unpaired) electrons. The maximum atomic E-state index is 12.2. The van der Waals surface area contributed by atoms with Crippen LogP contribution >= 0.6 is 11.8 Å². The van der Waals surface area contributed by atoms with Gasteiger partial charge >= 0.3 is 6.09 Å². The fraction of sp³-hybridized carbons (Fsp3) is 0.667. The van der Waals surface area contributed by atoms with Crippen LogP contribution in [-0.2, 0) is 4.74 Å². The second kappa shape index (κ2) is 6.64. The van der Waals surface area contributed by atoms with Gasteiger partial charge in [-0.25, -0.2) is 4.79 Å². The van der Waals surface area contributed by atoms with Gasteiger partial charge in [-0.2, -0.15) is 5.10 Å². The monoisotopic (exact) mass is 309 g/mol. The maximum absolute atomic E-state index is 12.2. The molecular weight excluding hydrogens is 286 g/mol. The van der Waals surface area contributed by atoms with E-state index in [0.29, 0.717) is 0 Å². The summed E-state index contributed by atoms with van der Waals surface area (Å²) in [5.41, 5.74) is 0.468. The van der Waals surface area contributed by atoms with Crippen molar-refractivity contribution in [3.05, 3.63) is 17.8 Å². The minimum atomic E-state index is -0.445. The van der Waals surface area contributed by atoms with Gasteiger partial charge in [-0.15, -0.1) is 16.9 Å². The molecule has 0 unspecified atom stereocenters. The number of carbonyl (C=O) groups is 1. The minimum absolute atomic E-state index is 0.208. The van der Waals surface area contributed by atoms with Crippen molar-refractivity contribution in [1.29, 1.82) is 0 Å². The number of hydrogen-bond donors (Lipinski definition) is 0. The molecule has 0 saturated carbocycles. The van der Waals surface area contributed by atoms with Gasteiger partial charge in [-0.1, -0.05) is 0 Å². The van der Waals surface area contributed by atoms with Gasteiger partial charge in [0.25, 0.3) is 0 Å². The minimum Gasteiger partial charge on any atom is -0.444 e. The number of carbonyl (C=O) groups excluding carboxylic acids is 1. The standard InChI is InChI=1S/C15H23N3O2S/c1-11-7-8-13(17-16-11)21-10-12-6-5-9-18(12)14(19)20-15(2,3)4/h7-8,12H,5-6,9-10H2,1-4H3/t12-/m1/s1. The molecule has 0 aliphatic carbocycles. The first-order valence-corrected chi connectivity index (χ1v) is 8.26. The first-order valence-electron chi connectivity index (χ1n) is 7.28. The number of likely N-dealkylation sites (tertiary alicyclic amines) is 1. The summed E-state index contributed by atoms with van der Waals surface area (Å²) < 4.78 is 5.47. The highest BCUT2D eigenvalue weighted by atomic mass is 32.2. The third kappa shape index (κ3) is 4.88. The predicted octanol–water partition coefficient (Wildman–Crippen LogP) is 3.28. The Balaban J connectivity index is 1.90. The third-order valence-electron chi connectivity index (χ3n) is 3.20. The van der Waals surface area contributed by atoms with Gasteiger partial charge in [0.05, 0.1) is 5.69 Å². The van der Waals surface area contributed by atoms with E-state index in [1.54, 1.807) is 11.8 Å². The highest BCUT2D eigenvalue weighted by molar-refractivity contribution is 7.99. The van der Waals surface area contributed by atoms with Gasteiger partial charge in [0, 0.05) is 18.3 Å². The van der Waals surface area contributed by atoms with Crippen LogP contribution < -0.4 is 0 Å². The molecule has 1 aliphatic heterocycles. The van der Waals surface area contributed by atoms with Crippen LogP contribution in [0.2, 0.25) is 0 Å². The van der Waals surface area contributed by atoms with Crippen molar-refractivity contribution in [2.24, 2.45) is 0 Å². The summed E-state index contributed by atoms with van der Waals surface area (Å²) in [6, 6.07) is 4.14. The normalized spacial score (nSPS) is 18.9. The van der Waals surface area contributed by atoms with Gasteiger partial charge < -0.3 is 9.64 Å². The average Bonchev–Trinajstić information content (AvgIpc) is 2.84. The van der Waals surface area contributed by atoms with Crippen molar-refractivity contribution < 1.29 is 9.53 Å². The summed E-state index contributed by atoms with van der Waals surface area (Å²) in [6.07, 6.45) is 1.84. The lowest BCUT2D eigenvalue weighted by Crippen LogP contribution is -2.40. The Morgan fingerprint density at radius 3 is 2.81 bits per heavy atom. The maximum Gasteiger partial charge on any atom is 0.410 e. The molecule has 2 heterocycles.